The first kappa shape index (κ1) is 20.5. The molecular weight excluding hydrogens is 386 g/mol. The molecule has 0 bridgehead atoms. The van der Waals surface area contributed by atoms with Crippen molar-refractivity contribution in [3.8, 4) is 0 Å². The number of carbonyl (C=O) groups excluding carboxylic acids is 4. The third-order valence-corrected chi connectivity index (χ3v) is 4.25. The van der Waals surface area contributed by atoms with Crippen LogP contribution < -0.4 is 16.4 Å². The van der Waals surface area contributed by atoms with Crippen LogP contribution in [0, 0.1) is 0 Å². The van der Waals surface area contributed by atoms with Crippen LogP contribution in [0.3, 0.4) is 0 Å². The fourth-order valence-electron chi connectivity index (χ4n) is 2.97. The van der Waals surface area contributed by atoms with E-state index in [2.05, 4.69) is 5.32 Å². The molecule has 0 radical (unpaired) electrons. The highest BCUT2D eigenvalue weighted by atomic mass is 16.5. The summed E-state index contributed by atoms with van der Waals surface area (Å²) in [6.07, 6.45) is 0.117. The van der Waals surface area contributed by atoms with Crippen molar-refractivity contribution < 1.29 is 23.9 Å². The van der Waals surface area contributed by atoms with E-state index in [9.17, 15) is 19.2 Å². The van der Waals surface area contributed by atoms with E-state index >= 15 is 0 Å². The van der Waals surface area contributed by atoms with Crippen molar-refractivity contribution in [1.29, 1.82) is 0 Å². The first-order valence-electron chi connectivity index (χ1n) is 9.06. The van der Waals surface area contributed by atoms with Crippen LogP contribution in [0.15, 0.2) is 66.7 Å². The number of benzene rings is 3. The standard InChI is InChI=1S/C22H19N3O5/c23-22(29)25-20(27)13-30-21(28)17-10-3-4-11-18(17)24-19(26)12-15-8-5-7-14-6-1-2-9-16(14)15/h1-11H,12-13H2,(H,24,26)(H3,23,25,27,29). The molecule has 0 heterocycles. The average Bonchev–Trinajstić information content (AvgIpc) is 2.72. The minimum absolute atomic E-state index is 0.0793. The van der Waals surface area contributed by atoms with Gasteiger partial charge in [0.25, 0.3) is 5.91 Å². The zero-order valence-corrected chi connectivity index (χ0v) is 15.9. The first-order valence-corrected chi connectivity index (χ1v) is 9.06. The summed E-state index contributed by atoms with van der Waals surface area (Å²) in [6, 6.07) is 18.7. The number of imide groups is 1. The molecule has 152 valence electrons. The number of hydrogen-bond acceptors (Lipinski definition) is 5. The molecule has 4 amide bonds. The summed E-state index contributed by atoms with van der Waals surface area (Å²) in [4.78, 5) is 46.9. The molecule has 0 unspecified atom stereocenters. The summed E-state index contributed by atoms with van der Waals surface area (Å²) < 4.78 is 4.88. The maximum absolute atomic E-state index is 12.6. The van der Waals surface area contributed by atoms with Gasteiger partial charge in [-0.2, -0.15) is 0 Å². The molecular formula is C22H19N3O5. The number of para-hydroxylation sites is 1. The molecule has 0 fully saturated rings. The number of nitrogens with two attached hydrogens (primary N) is 1. The maximum Gasteiger partial charge on any atom is 0.340 e. The fraction of sp³-hybridized carbons (Fsp3) is 0.0909. The van der Waals surface area contributed by atoms with Crippen molar-refractivity contribution in [2.24, 2.45) is 5.73 Å². The molecule has 30 heavy (non-hydrogen) atoms. The van der Waals surface area contributed by atoms with Gasteiger partial charge in [0.05, 0.1) is 17.7 Å². The third-order valence-electron chi connectivity index (χ3n) is 4.25. The normalized spacial score (nSPS) is 10.3. The number of hydrogen-bond donors (Lipinski definition) is 3. The van der Waals surface area contributed by atoms with Gasteiger partial charge >= 0.3 is 12.0 Å². The highest BCUT2D eigenvalue weighted by Crippen LogP contribution is 2.21. The zero-order valence-electron chi connectivity index (χ0n) is 15.9. The first-order chi connectivity index (χ1) is 14.4. The predicted octanol–water partition coefficient (Wildman–Crippen LogP) is 2.37. The topological polar surface area (TPSA) is 128 Å². The number of urea groups is 1. The van der Waals surface area contributed by atoms with E-state index in [-0.39, 0.29) is 23.6 Å². The van der Waals surface area contributed by atoms with Gasteiger partial charge in [0.15, 0.2) is 6.61 Å². The zero-order chi connectivity index (χ0) is 21.5. The number of nitrogens with one attached hydrogen (secondary N) is 2. The molecule has 0 aliphatic heterocycles. The molecule has 8 heteroatoms. The highest BCUT2D eigenvalue weighted by Gasteiger charge is 2.17. The van der Waals surface area contributed by atoms with Gasteiger partial charge in [-0.05, 0) is 28.5 Å². The molecule has 0 aliphatic carbocycles. The fourth-order valence-corrected chi connectivity index (χ4v) is 2.97. The molecule has 0 spiro atoms. The van der Waals surface area contributed by atoms with Gasteiger partial charge in [-0.1, -0.05) is 54.6 Å². The molecule has 8 nitrogen and oxygen atoms in total. The Morgan fingerprint density at radius 3 is 2.33 bits per heavy atom. The van der Waals surface area contributed by atoms with Gasteiger partial charge < -0.3 is 15.8 Å². The summed E-state index contributed by atoms with van der Waals surface area (Å²) in [5.74, 6) is -1.98. The second kappa shape index (κ2) is 9.33. The number of fused-ring (bicyclic) bond motifs is 1. The molecule has 0 saturated carbocycles. The number of carbonyl (C=O) groups is 4. The van der Waals surface area contributed by atoms with Crippen LogP contribution in [0.4, 0.5) is 10.5 Å². The molecule has 3 rings (SSSR count). The molecule has 0 aliphatic rings. The maximum atomic E-state index is 12.6. The van der Waals surface area contributed by atoms with Gasteiger partial charge in [-0.15, -0.1) is 0 Å². The number of rotatable bonds is 6. The molecule has 0 saturated heterocycles. The summed E-state index contributed by atoms with van der Waals surface area (Å²) >= 11 is 0. The number of esters is 1. The average molecular weight is 405 g/mol. The molecule has 4 N–H and O–H groups in total. The Kier molecular flexibility index (Phi) is 6.39. The van der Waals surface area contributed by atoms with Gasteiger partial charge in [0, 0.05) is 0 Å². The van der Waals surface area contributed by atoms with Crippen molar-refractivity contribution in [3.63, 3.8) is 0 Å². The van der Waals surface area contributed by atoms with Crippen LogP contribution >= 0.6 is 0 Å². The Morgan fingerprint density at radius 1 is 0.833 bits per heavy atom. The molecule has 3 aromatic carbocycles. The van der Waals surface area contributed by atoms with E-state index in [4.69, 9.17) is 10.5 Å². The Morgan fingerprint density at radius 2 is 1.53 bits per heavy atom. The number of ether oxygens (including phenoxy) is 1. The Labute approximate surface area is 172 Å². The monoisotopic (exact) mass is 405 g/mol. The van der Waals surface area contributed by atoms with Crippen LogP contribution in [0.2, 0.25) is 0 Å². The van der Waals surface area contributed by atoms with Crippen LogP contribution in [0.1, 0.15) is 15.9 Å². The second-order valence-corrected chi connectivity index (χ2v) is 6.40. The highest BCUT2D eigenvalue weighted by molar-refractivity contribution is 6.03. The lowest BCUT2D eigenvalue weighted by Crippen LogP contribution is -2.37. The lowest BCUT2D eigenvalue weighted by Gasteiger charge is -2.11. The Balaban J connectivity index is 1.69. The van der Waals surface area contributed by atoms with Crippen molar-refractivity contribution >= 4 is 40.3 Å². The third kappa shape index (κ3) is 5.20. The van der Waals surface area contributed by atoms with Gasteiger partial charge in [0.2, 0.25) is 5.91 Å². The van der Waals surface area contributed by atoms with E-state index in [0.29, 0.717) is 0 Å². The smallest absolute Gasteiger partial charge is 0.340 e. The molecule has 0 atom stereocenters. The Hall–Kier alpha value is -4.20. The Bertz CT molecular complexity index is 1120. The van der Waals surface area contributed by atoms with Crippen molar-refractivity contribution in [1.82, 2.24) is 5.32 Å². The van der Waals surface area contributed by atoms with Gasteiger partial charge in [-0.3, -0.25) is 14.9 Å². The minimum Gasteiger partial charge on any atom is -0.452 e. The van der Waals surface area contributed by atoms with E-state index in [0.717, 1.165) is 16.3 Å². The number of amides is 4. The van der Waals surface area contributed by atoms with Gasteiger partial charge in [0.1, 0.15) is 0 Å². The van der Waals surface area contributed by atoms with E-state index < -0.39 is 24.5 Å². The van der Waals surface area contributed by atoms with Crippen molar-refractivity contribution in [3.05, 3.63) is 77.9 Å². The van der Waals surface area contributed by atoms with Crippen LogP contribution in [-0.2, 0) is 20.7 Å². The summed E-state index contributed by atoms with van der Waals surface area (Å²) in [7, 11) is 0. The second-order valence-electron chi connectivity index (χ2n) is 6.40. The lowest BCUT2D eigenvalue weighted by atomic mass is 10.0. The minimum atomic E-state index is -1.04. The van der Waals surface area contributed by atoms with E-state index in [1.807, 2.05) is 42.5 Å². The lowest BCUT2D eigenvalue weighted by molar-refractivity contribution is -0.123. The summed E-state index contributed by atoms with van der Waals surface area (Å²) in [5.41, 5.74) is 6.02. The van der Waals surface area contributed by atoms with Crippen molar-refractivity contribution in [2.75, 3.05) is 11.9 Å². The van der Waals surface area contributed by atoms with E-state index in [1.165, 1.54) is 6.07 Å². The van der Waals surface area contributed by atoms with Crippen LogP contribution in [0.25, 0.3) is 10.8 Å². The summed E-state index contributed by atoms with van der Waals surface area (Å²) in [5, 5.41) is 6.51. The SMILES string of the molecule is NC(=O)NC(=O)COC(=O)c1ccccc1NC(=O)Cc1cccc2ccccc12. The quantitative estimate of drug-likeness (QED) is 0.543. The number of anilines is 1. The largest absolute Gasteiger partial charge is 0.452 e. The molecule has 3 aromatic rings. The van der Waals surface area contributed by atoms with Crippen LogP contribution in [0.5, 0.6) is 0 Å². The summed E-state index contributed by atoms with van der Waals surface area (Å²) in [6.45, 7) is -0.680. The van der Waals surface area contributed by atoms with E-state index in [1.54, 1.807) is 23.5 Å². The number of primary amides is 1. The van der Waals surface area contributed by atoms with Crippen molar-refractivity contribution in [2.45, 2.75) is 6.42 Å². The predicted molar refractivity (Wildman–Crippen MR) is 111 cm³/mol. The molecule has 0 aromatic heterocycles. The van der Waals surface area contributed by atoms with Gasteiger partial charge in [-0.25, -0.2) is 9.59 Å². The van der Waals surface area contributed by atoms with Crippen LogP contribution in [-0.4, -0.2) is 30.4 Å².